The Morgan fingerprint density at radius 1 is 0.556 bits per heavy atom. The standard InChI is InChI=1S/C64H93N5O12/c1-12-14-15-16-17-18-19-20-24-31-46(37-54(70)78-39-45-29-22-21-23-30-45)80-62(76)57(43(7)13-2)69-58(72)44(8)65-59(73)53(38-55(71)81-64(9,10)11)66-61(75)56(42(5)6)68-60(74)52(36-41(3)4)67-63(77)79-40-51-49-34-27-25-32-47(49)48-33-26-28-35-50(48)51/h21-23,25-30,32-35,41-44,46,51-53,56-57H,12-20,24,31,36-40H2,1-11H3,(H,65,73)(H,66,75)(H,67,77)(H,68,74)(H,69,72)/t43-,44+,46?,52+,53-,56-,57-/m0/s1. The van der Waals surface area contributed by atoms with E-state index >= 15 is 0 Å². The number of nitrogens with one attached hydrogen (secondary N) is 5. The average Bonchev–Trinajstić information content (AvgIpc) is 4.00. The first-order valence-electron chi connectivity index (χ1n) is 29.5. The van der Waals surface area contributed by atoms with Crippen molar-refractivity contribution in [3.05, 3.63) is 95.6 Å². The molecule has 81 heavy (non-hydrogen) atoms. The van der Waals surface area contributed by atoms with Gasteiger partial charge in [-0.15, -0.1) is 0 Å². The summed E-state index contributed by atoms with van der Waals surface area (Å²) in [4.78, 5) is 111. The van der Waals surface area contributed by atoms with Crippen molar-refractivity contribution in [2.24, 2.45) is 17.8 Å². The normalized spacial score (nSPS) is 14.6. The van der Waals surface area contributed by atoms with E-state index in [0.29, 0.717) is 19.3 Å². The average molecular weight is 1120 g/mol. The van der Waals surface area contributed by atoms with Gasteiger partial charge in [-0.05, 0) is 92.5 Å². The first-order valence-corrected chi connectivity index (χ1v) is 29.5. The number of amides is 5. The van der Waals surface area contributed by atoms with Crippen molar-refractivity contribution < 1.29 is 57.3 Å². The van der Waals surface area contributed by atoms with Crippen LogP contribution in [0.3, 0.4) is 0 Å². The van der Waals surface area contributed by atoms with Crippen LogP contribution in [0.4, 0.5) is 4.79 Å². The van der Waals surface area contributed by atoms with Crippen LogP contribution in [0.1, 0.15) is 189 Å². The predicted molar refractivity (Wildman–Crippen MR) is 312 cm³/mol. The summed E-state index contributed by atoms with van der Waals surface area (Å²) in [6, 6.07) is 18.7. The minimum Gasteiger partial charge on any atom is -0.461 e. The molecular formula is C64H93N5O12. The van der Waals surface area contributed by atoms with Crippen molar-refractivity contribution in [2.45, 2.75) is 220 Å². The van der Waals surface area contributed by atoms with Gasteiger partial charge in [0.1, 0.15) is 55.1 Å². The number of hydrogen-bond donors (Lipinski definition) is 5. The van der Waals surface area contributed by atoms with Crippen LogP contribution in [-0.2, 0) is 59.1 Å². The van der Waals surface area contributed by atoms with Gasteiger partial charge in [-0.3, -0.25) is 28.8 Å². The molecule has 5 N–H and O–H groups in total. The number of esters is 3. The summed E-state index contributed by atoms with van der Waals surface area (Å²) >= 11 is 0. The van der Waals surface area contributed by atoms with Gasteiger partial charge in [0.15, 0.2) is 0 Å². The van der Waals surface area contributed by atoms with E-state index in [1.165, 1.54) is 32.6 Å². The number of unbranched alkanes of at least 4 members (excludes halogenated alkanes) is 8. The first-order chi connectivity index (χ1) is 38.5. The van der Waals surface area contributed by atoms with Crippen LogP contribution >= 0.6 is 0 Å². The van der Waals surface area contributed by atoms with Gasteiger partial charge in [-0.25, -0.2) is 9.59 Å². The smallest absolute Gasteiger partial charge is 0.407 e. The predicted octanol–water partition coefficient (Wildman–Crippen LogP) is 10.3. The van der Waals surface area contributed by atoms with E-state index < -0.39 is 108 Å². The van der Waals surface area contributed by atoms with Crippen molar-refractivity contribution >= 4 is 47.6 Å². The van der Waals surface area contributed by atoms with E-state index in [-0.39, 0.29) is 37.9 Å². The van der Waals surface area contributed by atoms with Crippen LogP contribution in [0.25, 0.3) is 11.1 Å². The monoisotopic (exact) mass is 1120 g/mol. The Labute approximate surface area is 481 Å². The minimum atomic E-state index is -1.59. The molecule has 3 aromatic rings. The van der Waals surface area contributed by atoms with Crippen LogP contribution in [0.5, 0.6) is 0 Å². The molecule has 4 rings (SSSR count). The third kappa shape index (κ3) is 22.9. The fourth-order valence-electron chi connectivity index (χ4n) is 9.73. The molecule has 0 radical (unpaired) electrons. The molecule has 0 fully saturated rings. The Morgan fingerprint density at radius 2 is 1.11 bits per heavy atom. The van der Waals surface area contributed by atoms with E-state index in [0.717, 1.165) is 53.5 Å². The molecular weight excluding hydrogens is 1030 g/mol. The molecule has 0 saturated carbocycles. The molecule has 7 atom stereocenters. The van der Waals surface area contributed by atoms with Gasteiger partial charge >= 0.3 is 24.0 Å². The second-order valence-electron chi connectivity index (χ2n) is 23.4. The number of ether oxygens (including phenoxy) is 4. The quantitative estimate of drug-likeness (QED) is 0.0214. The molecule has 5 amide bonds. The Morgan fingerprint density at radius 3 is 1.68 bits per heavy atom. The molecule has 0 heterocycles. The van der Waals surface area contributed by atoms with Gasteiger partial charge in [-0.2, -0.15) is 0 Å². The number of fused-ring (bicyclic) bond motifs is 3. The van der Waals surface area contributed by atoms with E-state index in [9.17, 15) is 38.4 Å². The maximum Gasteiger partial charge on any atom is 0.407 e. The van der Waals surface area contributed by atoms with E-state index in [1.807, 2.05) is 99.6 Å². The van der Waals surface area contributed by atoms with E-state index in [1.54, 1.807) is 41.5 Å². The maximum absolute atomic E-state index is 14.3. The highest BCUT2D eigenvalue weighted by Gasteiger charge is 2.37. The molecule has 0 aliphatic heterocycles. The summed E-state index contributed by atoms with van der Waals surface area (Å²) in [6.45, 7) is 19.4. The zero-order chi connectivity index (χ0) is 59.6. The van der Waals surface area contributed by atoms with Crippen molar-refractivity contribution in [1.29, 1.82) is 0 Å². The molecule has 0 spiro atoms. The summed E-state index contributed by atoms with van der Waals surface area (Å²) in [7, 11) is 0. The van der Waals surface area contributed by atoms with Gasteiger partial charge in [0.25, 0.3) is 0 Å². The Bertz CT molecular complexity index is 2460. The highest BCUT2D eigenvalue weighted by Crippen LogP contribution is 2.44. The number of hydrogen-bond acceptors (Lipinski definition) is 12. The summed E-state index contributed by atoms with van der Waals surface area (Å²) in [6.07, 6.45) is 8.35. The summed E-state index contributed by atoms with van der Waals surface area (Å²) in [5.74, 6) is -6.52. The third-order valence-corrected chi connectivity index (χ3v) is 14.4. The van der Waals surface area contributed by atoms with Crippen molar-refractivity contribution in [3.8, 4) is 11.1 Å². The highest BCUT2D eigenvalue weighted by molar-refractivity contribution is 5.97. The molecule has 446 valence electrons. The Kier molecular flexibility index (Phi) is 27.9. The molecule has 1 unspecified atom stereocenters. The number of carbonyl (C=O) groups is 8. The lowest BCUT2D eigenvalue weighted by Gasteiger charge is -2.29. The number of benzene rings is 3. The number of alkyl carbamates (subject to hydrolysis) is 1. The molecule has 17 heteroatoms. The van der Waals surface area contributed by atoms with Gasteiger partial charge in [0.2, 0.25) is 23.6 Å². The van der Waals surface area contributed by atoms with Crippen LogP contribution in [0, 0.1) is 17.8 Å². The fourth-order valence-corrected chi connectivity index (χ4v) is 9.73. The SMILES string of the molecule is CCCCCCCCCCCC(CC(=O)OCc1ccccc1)OC(=O)[C@@H](NC(=O)[C@@H](C)NC(=O)[C@H](CC(=O)OC(C)(C)C)NC(=O)[C@@H](NC(=O)[C@@H](CC(C)C)NC(=O)OCC1c2ccccc2-c2ccccc21)C(C)C)[C@@H](C)CC. The molecule has 0 saturated heterocycles. The van der Waals surface area contributed by atoms with Gasteiger partial charge in [-0.1, -0.05) is 185 Å². The van der Waals surface area contributed by atoms with Gasteiger partial charge in [0, 0.05) is 5.92 Å². The fraction of sp³-hybridized carbons (Fsp3) is 0.594. The Balaban J connectivity index is 1.44. The zero-order valence-electron chi connectivity index (χ0n) is 50.0. The summed E-state index contributed by atoms with van der Waals surface area (Å²) < 4.78 is 22.9. The largest absolute Gasteiger partial charge is 0.461 e. The lowest BCUT2D eigenvalue weighted by Crippen LogP contribution is -2.60. The second-order valence-corrected chi connectivity index (χ2v) is 23.4. The minimum absolute atomic E-state index is 0.0226. The number of rotatable bonds is 34. The topological polar surface area (TPSA) is 234 Å². The van der Waals surface area contributed by atoms with E-state index in [2.05, 4.69) is 33.5 Å². The lowest BCUT2D eigenvalue weighted by atomic mass is 9.98. The Hall–Kier alpha value is -6.78. The second kappa shape index (κ2) is 33.8. The van der Waals surface area contributed by atoms with Crippen LogP contribution in [-0.4, -0.2) is 96.2 Å². The van der Waals surface area contributed by atoms with Crippen LogP contribution < -0.4 is 26.6 Å². The zero-order valence-corrected chi connectivity index (χ0v) is 50.0. The van der Waals surface area contributed by atoms with Crippen LogP contribution in [0.15, 0.2) is 78.9 Å². The molecule has 1 aliphatic carbocycles. The third-order valence-electron chi connectivity index (χ3n) is 14.4. The van der Waals surface area contributed by atoms with E-state index in [4.69, 9.17) is 18.9 Å². The molecule has 0 aromatic heterocycles. The van der Waals surface area contributed by atoms with Gasteiger partial charge < -0.3 is 45.5 Å². The highest BCUT2D eigenvalue weighted by atomic mass is 16.6. The molecule has 3 aromatic carbocycles. The summed E-state index contributed by atoms with van der Waals surface area (Å²) in [5.41, 5.74) is 4.04. The molecule has 17 nitrogen and oxygen atoms in total. The van der Waals surface area contributed by atoms with Crippen molar-refractivity contribution in [2.75, 3.05) is 6.61 Å². The first kappa shape index (κ1) is 66.7. The van der Waals surface area contributed by atoms with Gasteiger partial charge in [0.05, 0.1) is 12.8 Å². The number of carbonyl (C=O) groups excluding carboxylic acids is 8. The van der Waals surface area contributed by atoms with Crippen molar-refractivity contribution in [1.82, 2.24) is 26.6 Å². The maximum atomic E-state index is 14.3. The van der Waals surface area contributed by atoms with Crippen molar-refractivity contribution in [3.63, 3.8) is 0 Å². The lowest BCUT2D eigenvalue weighted by molar-refractivity contribution is -0.160. The van der Waals surface area contributed by atoms with Crippen LogP contribution in [0.2, 0.25) is 0 Å². The summed E-state index contributed by atoms with van der Waals surface area (Å²) in [5, 5.41) is 13.4. The molecule has 1 aliphatic rings. The molecule has 0 bridgehead atoms.